The monoisotopic (exact) mass is 245 g/mol. The van der Waals surface area contributed by atoms with Gasteiger partial charge in [-0.05, 0) is 11.6 Å². The van der Waals surface area contributed by atoms with E-state index in [4.69, 9.17) is 27.9 Å². The van der Waals surface area contributed by atoms with Crippen molar-refractivity contribution in [2.45, 2.75) is 6.54 Å². The van der Waals surface area contributed by atoms with Gasteiger partial charge in [0, 0.05) is 19.6 Å². The third kappa shape index (κ3) is 2.85. The summed E-state index contributed by atoms with van der Waals surface area (Å²) in [6, 6.07) is 5.76. The Kier molecular flexibility index (Phi) is 3.87. The summed E-state index contributed by atoms with van der Waals surface area (Å²) < 4.78 is 5.29. The molecule has 0 aromatic heterocycles. The van der Waals surface area contributed by atoms with Gasteiger partial charge < -0.3 is 4.74 Å². The van der Waals surface area contributed by atoms with Crippen LogP contribution in [-0.2, 0) is 11.3 Å². The molecule has 0 unspecified atom stereocenters. The van der Waals surface area contributed by atoms with Crippen molar-refractivity contribution >= 4 is 23.2 Å². The van der Waals surface area contributed by atoms with Gasteiger partial charge >= 0.3 is 0 Å². The van der Waals surface area contributed by atoms with Crippen LogP contribution in [0.25, 0.3) is 0 Å². The minimum atomic E-state index is 0.627. The van der Waals surface area contributed by atoms with E-state index in [0.29, 0.717) is 10.0 Å². The summed E-state index contributed by atoms with van der Waals surface area (Å²) in [6.07, 6.45) is 0. The molecule has 15 heavy (non-hydrogen) atoms. The van der Waals surface area contributed by atoms with Crippen molar-refractivity contribution < 1.29 is 4.74 Å². The van der Waals surface area contributed by atoms with Crippen LogP contribution in [0, 0.1) is 0 Å². The minimum absolute atomic E-state index is 0.627. The highest BCUT2D eigenvalue weighted by Crippen LogP contribution is 2.26. The molecule has 0 bridgehead atoms. The lowest BCUT2D eigenvalue weighted by molar-refractivity contribution is 0.0342. The van der Waals surface area contributed by atoms with Gasteiger partial charge in [-0.3, -0.25) is 4.90 Å². The Morgan fingerprint density at radius 2 is 1.93 bits per heavy atom. The highest BCUT2D eigenvalue weighted by Gasteiger charge is 2.13. The van der Waals surface area contributed by atoms with Crippen molar-refractivity contribution in [2.24, 2.45) is 0 Å². The van der Waals surface area contributed by atoms with E-state index in [2.05, 4.69) is 4.90 Å². The fraction of sp³-hybridized carbons (Fsp3) is 0.455. The normalized spacial score (nSPS) is 18.0. The van der Waals surface area contributed by atoms with Crippen molar-refractivity contribution in [1.29, 1.82) is 0 Å². The van der Waals surface area contributed by atoms with Gasteiger partial charge in [0.15, 0.2) is 0 Å². The predicted octanol–water partition coefficient (Wildman–Crippen LogP) is 2.83. The molecule has 1 fully saturated rings. The van der Waals surface area contributed by atoms with Crippen molar-refractivity contribution in [3.63, 3.8) is 0 Å². The molecule has 0 spiro atoms. The summed E-state index contributed by atoms with van der Waals surface area (Å²) in [7, 11) is 0. The first-order valence-corrected chi connectivity index (χ1v) is 5.76. The second kappa shape index (κ2) is 5.17. The molecule has 1 aromatic carbocycles. The number of ether oxygens (including phenoxy) is 1. The molecule has 0 radical (unpaired) electrons. The lowest BCUT2D eigenvalue weighted by atomic mass is 10.2. The van der Waals surface area contributed by atoms with E-state index in [-0.39, 0.29) is 0 Å². The summed E-state index contributed by atoms with van der Waals surface area (Å²) in [5, 5.41) is 1.30. The lowest BCUT2D eigenvalue weighted by Gasteiger charge is -2.26. The summed E-state index contributed by atoms with van der Waals surface area (Å²) >= 11 is 12.1. The number of hydrogen-bond donors (Lipinski definition) is 0. The third-order valence-corrected chi connectivity index (χ3v) is 3.39. The number of halogens is 2. The average Bonchev–Trinajstić information content (AvgIpc) is 2.26. The molecule has 1 heterocycles. The van der Waals surface area contributed by atoms with Gasteiger partial charge in [-0.1, -0.05) is 35.3 Å². The van der Waals surface area contributed by atoms with Crippen molar-refractivity contribution in [3.05, 3.63) is 33.8 Å². The molecule has 1 saturated heterocycles. The van der Waals surface area contributed by atoms with Gasteiger partial charge in [0.25, 0.3) is 0 Å². The zero-order valence-corrected chi connectivity index (χ0v) is 9.89. The van der Waals surface area contributed by atoms with Crippen LogP contribution in [0.5, 0.6) is 0 Å². The highest BCUT2D eigenvalue weighted by atomic mass is 35.5. The number of morpholine rings is 1. The molecule has 82 valence electrons. The topological polar surface area (TPSA) is 12.5 Å². The first kappa shape index (κ1) is 11.2. The molecule has 1 aliphatic heterocycles. The number of nitrogens with zero attached hydrogens (tertiary/aromatic N) is 1. The number of benzene rings is 1. The van der Waals surface area contributed by atoms with Gasteiger partial charge in [-0.15, -0.1) is 0 Å². The Morgan fingerprint density at radius 1 is 1.20 bits per heavy atom. The van der Waals surface area contributed by atoms with Crippen LogP contribution in [0.2, 0.25) is 10.0 Å². The van der Waals surface area contributed by atoms with Crippen molar-refractivity contribution in [3.8, 4) is 0 Å². The van der Waals surface area contributed by atoms with Crippen LogP contribution in [0.15, 0.2) is 18.2 Å². The molecule has 4 heteroatoms. The quantitative estimate of drug-likeness (QED) is 0.795. The highest BCUT2D eigenvalue weighted by molar-refractivity contribution is 6.42. The van der Waals surface area contributed by atoms with Crippen molar-refractivity contribution in [1.82, 2.24) is 4.90 Å². The largest absolute Gasteiger partial charge is 0.379 e. The fourth-order valence-electron chi connectivity index (χ4n) is 1.67. The van der Waals surface area contributed by atoms with E-state index in [9.17, 15) is 0 Å². The van der Waals surface area contributed by atoms with Crippen LogP contribution in [0.3, 0.4) is 0 Å². The van der Waals surface area contributed by atoms with Crippen LogP contribution in [-0.4, -0.2) is 31.2 Å². The molecular weight excluding hydrogens is 233 g/mol. The summed E-state index contributed by atoms with van der Waals surface area (Å²) in [5.41, 5.74) is 1.09. The Labute approximate surface area is 99.7 Å². The predicted molar refractivity (Wildman–Crippen MR) is 62.6 cm³/mol. The van der Waals surface area contributed by atoms with Crippen LogP contribution >= 0.6 is 23.2 Å². The van der Waals surface area contributed by atoms with Crippen LogP contribution < -0.4 is 0 Å². The first-order chi connectivity index (χ1) is 7.27. The molecule has 0 amide bonds. The van der Waals surface area contributed by atoms with E-state index in [1.54, 1.807) is 0 Å². The second-order valence-corrected chi connectivity index (χ2v) is 4.39. The molecule has 0 aliphatic carbocycles. The van der Waals surface area contributed by atoms with E-state index in [0.717, 1.165) is 38.4 Å². The van der Waals surface area contributed by atoms with E-state index in [1.165, 1.54) is 0 Å². The Bertz CT molecular complexity index is 337. The number of hydrogen-bond acceptors (Lipinski definition) is 2. The maximum absolute atomic E-state index is 6.12. The van der Waals surface area contributed by atoms with Gasteiger partial charge in [-0.2, -0.15) is 0 Å². The minimum Gasteiger partial charge on any atom is -0.379 e. The van der Waals surface area contributed by atoms with Crippen LogP contribution in [0.4, 0.5) is 0 Å². The molecule has 1 aliphatic rings. The van der Waals surface area contributed by atoms with E-state index >= 15 is 0 Å². The Morgan fingerprint density at radius 3 is 2.67 bits per heavy atom. The molecule has 0 saturated carbocycles. The average molecular weight is 246 g/mol. The summed E-state index contributed by atoms with van der Waals surface area (Å²) in [5.74, 6) is 0. The molecule has 2 rings (SSSR count). The standard InChI is InChI=1S/C11H13Cl2NO/c12-10-3-1-2-9(11(10)13)8-14-4-6-15-7-5-14/h1-3H,4-8H2. The molecular formula is C11H13Cl2NO. The second-order valence-electron chi connectivity index (χ2n) is 3.60. The lowest BCUT2D eigenvalue weighted by Crippen LogP contribution is -2.35. The van der Waals surface area contributed by atoms with Gasteiger partial charge in [0.05, 0.1) is 23.3 Å². The Balaban J connectivity index is 2.06. The molecule has 0 atom stereocenters. The SMILES string of the molecule is Clc1cccc(CN2CCOCC2)c1Cl. The zero-order valence-electron chi connectivity index (χ0n) is 8.38. The molecule has 1 aromatic rings. The maximum atomic E-state index is 6.12. The summed E-state index contributed by atoms with van der Waals surface area (Å²) in [4.78, 5) is 2.32. The molecule has 2 nitrogen and oxygen atoms in total. The van der Waals surface area contributed by atoms with Gasteiger partial charge in [0.2, 0.25) is 0 Å². The maximum Gasteiger partial charge on any atom is 0.0637 e. The first-order valence-electron chi connectivity index (χ1n) is 5.00. The van der Waals surface area contributed by atoms with Crippen LogP contribution in [0.1, 0.15) is 5.56 Å². The van der Waals surface area contributed by atoms with Gasteiger partial charge in [0.1, 0.15) is 0 Å². The van der Waals surface area contributed by atoms with Crippen molar-refractivity contribution in [2.75, 3.05) is 26.3 Å². The fourth-order valence-corrected chi connectivity index (χ4v) is 2.05. The third-order valence-electron chi connectivity index (χ3n) is 2.53. The Hall–Kier alpha value is -0.280. The smallest absolute Gasteiger partial charge is 0.0637 e. The number of rotatable bonds is 2. The zero-order chi connectivity index (χ0) is 10.7. The van der Waals surface area contributed by atoms with E-state index < -0.39 is 0 Å². The van der Waals surface area contributed by atoms with E-state index in [1.807, 2.05) is 18.2 Å². The summed E-state index contributed by atoms with van der Waals surface area (Å²) in [6.45, 7) is 4.38. The van der Waals surface area contributed by atoms with Gasteiger partial charge in [-0.25, -0.2) is 0 Å². The molecule has 0 N–H and O–H groups in total.